The standard InChI is InChI=1S/C27H29FN8O2/c1-6-24(37)32-22-15-19(10-11-23(22)35(5)13-12-34(3)4)31-27-29-16-21-25(33-27)36(17(2)30-26(21)38)20-9-7-8-18(28)14-20/h6-11,14-16H,1,12-13H2,2-5H3,(H,32,37)(H,29,31,33). The molecule has 1 amide bonds. The normalized spacial score (nSPS) is 11.0. The lowest BCUT2D eigenvalue weighted by molar-refractivity contribution is -0.111. The second kappa shape index (κ2) is 11.2. The van der Waals surface area contributed by atoms with Gasteiger partial charge < -0.3 is 20.4 Å². The number of benzene rings is 2. The van der Waals surface area contributed by atoms with Crippen molar-refractivity contribution < 1.29 is 9.18 Å². The van der Waals surface area contributed by atoms with Crippen molar-refractivity contribution in [1.29, 1.82) is 0 Å². The maximum Gasteiger partial charge on any atom is 0.284 e. The fourth-order valence-corrected chi connectivity index (χ4v) is 3.92. The van der Waals surface area contributed by atoms with Gasteiger partial charge in [0.15, 0.2) is 5.65 Å². The SMILES string of the molecule is C=CC(=O)Nc1cc(Nc2ncc3c(=O)nc(C)n(-c4cccc(F)c4)c3n2)ccc1N(C)CCN(C)C. The molecular weight excluding hydrogens is 487 g/mol. The van der Waals surface area contributed by atoms with E-state index in [2.05, 4.69) is 37.1 Å². The van der Waals surface area contributed by atoms with Gasteiger partial charge in [-0.25, -0.2) is 9.37 Å². The van der Waals surface area contributed by atoms with Crippen LogP contribution in [0.3, 0.4) is 0 Å². The van der Waals surface area contributed by atoms with Crippen LogP contribution in [0.4, 0.5) is 27.4 Å². The minimum Gasteiger partial charge on any atom is -0.372 e. The van der Waals surface area contributed by atoms with Gasteiger partial charge in [-0.15, -0.1) is 0 Å². The summed E-state index contributed by atoms with van der Waals surface area (Å²) in [5.74, 6) is -0.195. The third kappa shape index (κ3) is 5.84. The molecule has 2 heterocycles. The van der Waals surface area contributed by atoms with Gasteiger partial charge in [0.05, 0.1) is 17.1 Å². The number of carbonyl (C=O) groups excluding carboxylic acids is 1. The molecule has 0 bridgehead atoms. The van der Waals surface area contributed by atoms with E-state index in [4.69, 9.17) is 0 Å². The summed E-state index contributed by atoms with van der Waals surface area (Å²) in [7, 11) is 5.94. The molecule has 0 saturated carbocycles. The van der Waals surface area contributed by atoms with Crippen molar-refractivity contribution in [3.8, 4) is 5.69 Å². The molecule has 0 aliphatic carbocycles. The van der Waals surface area contributed by atoms with Gasteiger partial charge in [0, 0.05) is 32.0 Å². The highest BCUT2D eigenvalue weighted by Gasteiger charge is 2.15. The smallest absolute Gasteiger partial charge is 0.284 e. The lowest BCUT2D eigenvalue weighted by Gasteiger charge is -2.24. The number of carbonyl (C=O) groups is 1. The van der Waals surface area contributed by atoms with Crippen molar-refractivity contribution in [2.24, 2.45) is 0 Å². The summed E-state index contributed by atoms with van der Waals surface area (Å²) in [6.45, 7) is 6.77. The van der Waals surface area contributed by atoms with Crippen LogP contribution in [0.1, 0.15) is 5.82 Å². The zero-order chi connectivity index (χ0) is 27.4. The first-order chi connectivity index (χ1) is 18.2. The van der Waals surface area contributed by atoms with Crippen LogP contribution in [-0.2, 0) is 4.79 Å². The molecule has 2 aromatic heterocycles. The van der Waals surface area contributed by atoms with E-state index in [1.165, 1.54) is 24.4 Å². The lowest BCUT2D eigenvalue weighted by Crippen LogP contribution is -2.29. The molecule has 0 atom stereocenters. The molecule has 4 aromatic rings. The molecule has 10 nitrogen and oxygen atoms in total. The van der Waals surface area contributed by atoms with Gasteiger partial charge in [0.25, 0.3) is 5.56 Å². The topological polar surface area (TPSA) is 108 Å². The quantitative estimate of drug-likeness (QED) is 0.326. The van der Waals surface area contributed by atoms with E-state index < -0.39 is 11.4 Å². The minimum absolute atomic E-state index is 0.196. The summed E-state index contributed by atoms with van der Waals surface area (Å²) in [4.78, 5) is 41.7. The van der Waals surface area contributed by atoms with Crippen LogP contribution in [-0.4, -0.2) is 64.6 Å². The van der Waals surface area contributed by atoms with E-state index >= 15 is 0 Å². The monoisotopic (exact) mass is 516 g/mol. The van der Waals surface area contributed by atoms with Crippen LogP contribution in [0.15, 0.2) is 66.1 Å². The Labute approximate surface area is 219 Å². The Morgan fingerprint density at radius 1 is 1.13 bits per heavy atom. The molecule has 0 aliphatic rings. The van der Waals surface area contributed by atoms with Gasteiger partial charge in [-0.2, -0.15) is 9.97 Å². The summed E-state index contributed by atoms with van der Waals surface area (Å²) >= 11 is 0. The fraction of sp³-hybridized carbons (Fsp3) is 0.222. The molecule has 0 aliphatic heterocycles. The van der Waals surface area contributed by atoms with E-state index in [1.54, 1.807) is 29.7 Å². The third-order valence-corrected chi connectivity index (χ3v) is 5.85. The van der Waals surface area contributed by atoms with Crippen molar-refractivity contribution in [3.63, 3.8) is 0 Å². The van der Waals surface area contributed by atoms with Crippen LogP contribution < -0.4 is 21.1 Å². The zero-order valence-corrected chi connectivity index (χ0v) is 21.7. The highest BCUT2D eigenvalue weighted by Crippen LogP contribution is 2.30. The number of hydrogen-bond acceptors (Lipinski definition) is 8. The molecular formula is C27H29FN8O2. The highest BCUT2D eigenvalue weighted by molar-refractivity contribution is 6.01. The predicted molar refractivity (Wildman–Crippen MR) is 148 cm³/mol. The van der Waals surface area contributed by atoms with E-state index in [0.717, 1.165) is 18.8 Å². The maximum absolute atomic E-state index is 14.0. The molecule has 0 spiro atoms. The molecule has 0 unspecified atom stereocenters. The number of anilines is 4. The van der Waals surface area contributed by atoms with Gasteiger partial charge in [0.2, 0.25) is 11.9 Å². The first-order valence-corrected chi connectivity index (χ1v) is 11.9. The number of nitrogens with zero attached hydrogens (tertiary/aromatic N) is 6. The van der Waals surface area contributed by atoms with Crippen molar-refractivity contribution in [2.45, 2.75) is 6.92 Å². The molecule has 0 fully saturated rings. The first kappa shape index (κ1) is 26.4. The van der Waals surface area contributed by atoms with Crippen molar-refractivity contribution in [1.82, 2.24) is 24.4 Å². The van der Waals surface area contributed by atoms with Crippen molar-refractivity contribution in [3.05, 3.63) is 83.3 Å². The second-order valence-corrected chi connectivity index (χ2v) is 8.99. The average molecular weight is 517 g/mol. The predicted octanol–water partition coefficient (Wildman–Crippen LogP) is 3.49. The number of rotatable bonds is 9. The van der Waals surface area contributed by atoms with Crippen LogP contribution >= 0.6 is 0 Å². The summed E-state index contributed by atoms with van der Waals surface area (Å²) in [6, 6.07) is 11.5. The molecule has 11 heteroatoms. The molecule has 2 N–H and O–H groups in total. The Kier molecular flexibility index (Phi) is 7.77. The average Bonchev–Trinajstić information content (AvgIpc) is 2.87. The van der Waals surface area contributed by atoms with Crippen LogP contribution in [0, 0.1) is 12.7 Å². The number of nitrogens with one attached hydrogen (secondary N) is 2. The Bertz CT molecular complexity index is 1570. The van der Waals surface area contributed by atoms with Gasteiger partial charge >= 0.3 is 0 Å². The number of likely N-dealkylation sites (N-methyl/N-ethyl adjacent to an activating group) is 2. The number of aromatic nitrogens is 4. The zero-order valence-electron chi connectivity index (χ0n) is 21.7. The van der Waals surface area contributed by atoms with Gasteiger partial charge in [-0.1, -0.05) is 12.6 Å². The van der Waals surface area contributed by atoms with E-state index in [1.807, 2.05) is 38.2 Å². The largest absolute Gasteiger partial charge is 0.372 e. The Balaban J connectivity index is 1.74. The van der Waals surface area contributed by atoms with Crippen LogP contribution in [0.2, 0.25) is 0 Å². The molecule has 0 saturated heterocycles. The number of amides is 1. The fourth-order valence-electron chi connectivity index (χ4n) is 3.92. The Morgan fingerprint density at radius 3 is 2.63 bits per heavy atom. The second-order valence-electron chi connectivity index (χ2n) is 8.99. The summed E-state index contributed by atoms with van der Waals surface area (Å²) in [5.41, 5.74) is 2.30. The van der Waals surface area contributed by atoms with E-state index in [-0.39, 0.29) is 22.9 Å². The maximum atomic E-state index is 14.0. The highest BCUT2D eigenvalue weighted by atomic mass is 19.1. The number of fused-ring (bicyclic) bond motifs is 1. The summed E-state index contributed by atoms with van der Waals surface area (Å²) in [6.07, 6.45) is 2.59. The minimum atomic E-state index is -0.476. The Morgan fingerprint density at radius 2 is 1.92 bits per heavy atom. The van der Waals surface area contributed by atoms with E-state index in [9.17, 15) is 14.0 Å². The Hall–Kier alpha value is -4.64. The number of hydrogen-bond donors (Lipinski definition) is 2. The number of halogens is 1. The van der Waals surface area contributed by atoms with Crippen molar-refractivity contribution in [2.75, 3.05) is 49.8 Å². The molecule has 2 aromatic carbocycles. The molecule has 0 radical (unpaired) electrons. The van der Waals surface area contributed by atoms with Gasteiger partial charge in [-0.05, 0) is 63.5 Å². The summed E-state index contributed by atoms with van der Waals surface area (Å²) in [5, 5.41) is 6.19. The molecule has 196 valence electrons. The van der Waals surface area contributed by atoms with Gasteiger partial charge in [0.1, 0.15) is 17.0 Å². The third-order valence-electron chi connectivity index (χ3n) is 5.85. The first-order valence-electron chi connectivity index (χ1n) is 11.9. The molecule has 4 rings (SSSR count). The summed E-state index contributed by atoms with van der Waals surface area (Å²) < 4.78 is 15.6. The lowest BCUT2D eigenvalue weighted by atomic mass is 10.2. The van der Waals surface area contributed by atoms with E-state index in [0.29, 0.717) is 22.9 Å². The van der Waals surface area contributed by atoms with Crippen LogP contribution in [0.25, 0.3) is 16.7 Å². The van der Waals surface area contributed by atoms with Crippen LogP contribution in [0.5, 0.6) is 0 Å². The van der Waals surface area contributed by atoms with Crippen molar-refractivity contribution >= 4 is 40.0 Å². The number of aryl methyl sites for hydroxylation is 1. The van der Waals surface area contributed by atoms with Gasteiger partial charge in [-0.3, -0.25) is 14.2 Å². The molecule has 38 heavy (non-hydrogen) atoms.